The summed E-state index contributed by atoms with van der Waals surface area (Å²) < 4.78 is 19.0. The molecule has 0 saturated carbocycles. The maximum Gasteiger partial charge on any atom is 0.251 e. The van der Waals surface area contributed by atoms with Crippen molar-refractivity contribution >= 4 is 28.6 Å². The molecule has 1 aromatic carbocycles. The van der Waals surface area contributed by atoms with Gasteiger partial charge in [0.1, 0.15) is 17.5 Å². The maximum atomic E-state index is 12.0. The van der Waals surface area contributed by atoms with Gasteiger partial charge in [-0.25, -0.2) is 0 Å². The van der Waals surface area contributed by atoms with Crippen LogP contribution in [0.5, 0.6) is 11.6 Å². The number of amides is 1. The minimum Gasteiger partial charge on any atom is -0.495 e. The number of H-pyrrole nitrogens is 1. The van der Waals surface area contributed by atoms with E-state index in [2.05, 4.69) is 25.7 Å². The fourth-order valence-electron chi connectivity index (χ4n) is 3.89. The van der Waals surface area contributed by atoms with E-state index in [9.17, 15) is 4.79 Å². The van der Waals surface area contributed by atoms with Gasteiger partial charge >= 0.3 is 0 Å². The van der Waals surface area contributed by atoms with Crippen LogP contribution < -0.4 is 20.1 Å². The molecule has 1 fully saturated rings. The van der Waals surface area contributed by atoms with Crippen LogP contribution in [0.2, 0.25) is 0 Å². The van der Waals surface area contributed by atoms with Gasteiger partial charge in [-0.1, -0.05) is 0 Å². The molecular weight excluding hydrogens is 438 g/mol. The van der Waals surface area contributed by atoms with Crippen LogP contribution in [-0.2, 0) is 11.8 Å². The molecule has 11 heteroatoms. The van der Waals surface area contributed by atoms with E-state index in [4.69, 9.17) is 19.2 Å². The second-order valence-corrected chi connectivity index (χ2v) is 7.90. The summed E-state index contributed by atoms with van der Waals surface area (Å²) in [7, 11) is 4.99. The predicted octanol–water partition coefficient (Wildman–Crippen LogP) is 2.64. The summed E-state index contributed by atoms with van der Waals surface area (Å²) in [5, 5.41) is 10.8. The van der Waals surface area contributed by atoms with Crippen LogP contribution >= 0.6 is 0 Å². The number of fused-ring (bicyclic) bond motifs is 1. The van der Waals surface area contributed by atoms with Gasteiger partial charge in [0.25, 0.3) is 5.91 Å². The lowest BCUT2D eigenvalue weighted by molar-refractivity contribution is 0.0963. The Labute approximate surface area is 195 Å². The number of ether oxygens (including phenoxy) is 3. The Hall–Kier alpha value is -4.12. The van der Waals surface area contributed by atoms with Gasteiger partial charge in [-0.3, -0.25) is 9.48 Å². The normalized spacial score (nSPS) is 15.4. The monoisotopic (exact) mass is 463 g/mol. The molecule has 1 aliphatic rings. The summed E-state index contributed by atoms with van der Waals surface area (Å²) in [6.07, 6.45) is 6.28. The molecule has 1 atom stereocenters. The van der Waals surface area contributed by atoms with Crippen LogP contribution in [0, 0.1) is 0 Å². The summed E-state index contributed by atoms with van der Waals surface area (Å²) in [6, 6.07) is 5.10. The first-order chi connectivity index (χ1) is 16.6. The number of anilines is 2. The Kier molecular flexibility index (Phi) is 5.76. The van der Waals surface area contributed by atoms with Crippen LogP contribution in [0.3, 0.4) is 0 Å². The molecule has 176 valence electrons. The van der Waals surface area contributed by atoms with Crippen molar-refractivity contribution in [3.8, 4) is 22.8 Å². The molecule has 1 aliphatic heterocycles. The lowest BCUT2D eigenvalue weighted by Crippen LogP contribution is -2.18. The molecule has 1 unspecified atom stereocenters. The summed E-state index contributed by atoms with van der Waals surface area (Å²) in [5.74, 6) is 1.06. The van der Waals surface area contributed by atoms with E-state index in [0.717, 1.165) is 22.9 Å². The zero-order valence-electron chi connectivity index (χ0n) is 19.1. The van der Waals surface area contributed by atoms with Crippen LogP contribution in [0.4, 0.5) is 11.6 Å². The van der Waals surface area contributed by atoms with Crippen molar-refractivity contribution in [1.29, 1.82) is 0 Å². The first-order valence-electron chi connectivity index (χ1n) is 10.9. The summed E-state index contributed by atoms with van der Waals surface area (Å²) in [4.78, 5) is 24.6. The Morgan fingerprint density at radius 2 is 2.21 bits per heavy atom. The SMILES string of the molecule is CNC(=O)c1ccc(Nc2nc(OC3CCOC3)c3c(-c4cnn(C)c4)c[nH]c3n2)c(OC)c1. The number of hydrogen-bond donors (Lipinski definition) is 3. The third-order valence-corrected chi connectivity index (χ3v) is 5.62. The third-order valence-electron chi connectivity index (χ3n) is 5.62. The number of carbonyl (C=O) groups excluding carboxylic acids is 1. The molecule has 0 radical (unpaired) electrons. The Morgan fingerprint density at radius 1 is 1.32 bits per heavy atom. The largest absolute Gasteiger partial charge is 0.495 e. The van der Waals surface area contributed by atoms with E-state index in [1.54, 1.807) is 36.1 Å². The fourth-order valence-corrected chi connectivity index (χ4v) is 3.89. The molecule has 0 bridgehead atoms. The first-order valence-corrected chi connectivity index (χ1v) is 10.9. The van der Waals surface area contributed by atoms with Crippen LogP contribution in [-0.4, -0.2) is 64.1 Å². The molecule has 0 spiro atoms. The van der Waals surface area contributed by atoms with Crippen LogP contribution in [0.25, 0.3) is 22.2 Å². The summed E-state index contributed by atoms with van der Waals surface area (Å²) in [5.41, 5.74) is 3.54. The second kappa shape index (κ2) is 9.02. The minimum atomic E-state index is -0.202. The number of nitrogens with one attached hydrogen (secondary N) is 3. The van der Waals surface area contributed by atoms with Gasteiger partial charge < -0.3 is 29.8 Å². The van der Waals surface area contributed by atoms with Gasteiger partial charge in [0.15, 0.2) is 0 Å². The number of carbonyl (C=O) groups is 1. The predicted molar refractivity (Wildman–Crippen MR) is 126 cm³/mol. The molecule has 4 aromatic rings. The molecule has 3 aromatic heterocycles. The van der Waals surface area contributed by atoms with E-state index in [1.807, 2.05) is 19.4 Å². The van der Waals surface area contributed by atoms with Gasteiger partial charge in [-0.2, -0.15) is 15.1 Å². The highest BCUT2D eigenvalue weighted by atomic mass is 16.5. The van der Waals surface area contributed by atoms with Crippen LogP contribution in [0.1, 0.15) is 16.8 Å². The van der Waals surface area contributed by atoms with Crippen molar-refractivity contribution in [2.75, 3.05) is 32.7 Å². The third kappa shape index (κ3) is 4.13. The number of aryl methyl sites for hydroxylation is 1. The lowest BCUT2D eigenvalue weighted by atomic mass is 10.1. The average molecular weight is 463 g/mol. The second-order valence-electron chi connectivity index (χ2n) is 7.90. The standard InChI is InChI=1S/C23H25N7O4/c1-24-21(31)13-4-5-17(18(8-13)32-3)27-23-28-20-19(22(29-23)34-15-6-7-33-12-15)16(10-25-20)14-9-26-30(2)11-14/h4-5,8-11,15H,6-7,12H2,1-3H3,(H,24,31)(H2,25,27,28,29). The number of nitrogens with zero attached hydrogens (tertiary/aromatic N) is 4. The van der Waals surface area contributed by atoms with Gasteiger partial charge in [0, 0.05) is 49.6 Å². The van der Waals surface area contributed by atoms with E-state index in [1.165, 1.54) is 7.11 Å². The average Bonchev–Trinajstić information content (AvgIpc) is 3.60. The summed E-state index contributed by atoms with van der Waals surface area (Å²) in [6.45, 7) is 1.16. The van der Waals surface area contributed by atoms with E-state index >= 15 is 0 Å². The van der Waals surface area contributed by atoms with Crippen molar-refractivity contribution in [3.63, 3.8) is 0 Å². The summed E-state index contributed by atoms with van der Waals surface area (Å²) >= 11 is 0. The highest BCUT2D eigenvalue weighted by Crippen LogP contribution is 2.36. The number of aromatic nitrogens is 5. The highest BCUT2D eigenvalue weighted by molar-refractivity contribution is 5.98. The number of benzene rings is 1. The van der Waals surface area contributed by atoms with E-state index < -0.39 is 0 Å². The minimum absolute atomic E-state index is 0.0935. The molecule has 5 rings (SSSR count). The first kappa shape index (κ1) is 21.7. The van der Waals surface area contributed by atoms with Gasteiger partial charge in [-0.05, 0) is 18.2 Å². The van der Waals surface area contributed by atoms with Crippen LogP contribution in [0.15, 0.2) is 36.8 Å². The highest BCUT2D eigenvalue weighted by Gasteiger charge is 2.23. The molecular formula is C23H25N7O4. The maximum absolute atomic E-state index is 12.0. The molecule has 1 saturated heterocycles. The van der Waals surface area contributed by atoms with Crippen molar-refractivity contribution in [3.05, 3.63) is 42.4 Å². The van der Waals surface area contributed by atoms with Crippen molar-refractivity contribution < 1.29 is 19.0 Å². The van der Waals surface area contributed by atoms with E-state index in [0.29, 0.717) is 47.7 Å². The molecule has 3 N–H and O–H groups in total. The van der Waals surface area contributed by atoms with E-state index in [-0.39, 0.29) is 12.0 Å². The lowest BCUT2D eigenvalue weighted by Gasteiger charge is -2.15. The van der Waals surface area contributed by atoms with Gasteiger partial charge in [-0.15, -0.1) is 0 Å². The molecule has 34 heavy (non-hydrogen) atoms. The smallest absolute Gasteiger partial charge is 0.251 e. The van der Waals surface area contributed by atoms with Gasteiger partial charge in [0.2, 0.25) is 11.8 Å². The fraction of sp³-hybridized carbons (Fsp3) is 0.304. The molecule has 4 heterocycles. The van der Waals surface area contributed by atoms with Crippen molar-refractivity contribution in [2.24, 2.45) is 7.05 Å². The quantitative estimate of drug-likeness (QED) is 0.382. The zero-order valence-corrected chi connectivity index (χ0v) is 19.1. The number of methoxy groups -OCH3 is 1. The molecule has 0 aliphatic carbocycles. The number of aromatic amines is 1. The van der Waals surface area contributed by atoms with Gasteiger partial charge in [0.05, 0.1) is 37.6 Å². The zero-order chi connectivity index (χ0) is 23.7. The molecule has 1 amide bonds. The Morgan fingerprint density at radius 3 is 2.91 bits per heavy atom. The topological polar surface area (TPSA) is 128 Å². The Bertz CT molecular complexity index is 1340. The molecule has 11 nitrogen and oxygen atoms in total. The number of hydrogen-bond acceptors (Lipinski definition) is 8. The van der Waals surface area contributed by atoms with Crippen molar-refractivity contribution in [2.45, 2.75) is 12.5 Å². The number of rotatable bonds is 7. The Balaban J connectivity index is 1.55. The van der Waals surface area contributed by atoms with Crippen molar-refractivity contribution in [1.82, 2.24) is 30.0 Å².